The molecule has 12 N–H and O–H groups in total. The van der Waals surface area contributed by atoms with Crippen LogP contribution in [0.2, 0.25) is 0 Å². The van der Waals surface area contributed by atoms with E-state index in [0.717, 1.165) is 0 Å². The number of nitrogens with one attached hydrogen (secondary N) is 3. The van der Waals surface area contributed by atoms with Crippen LogP contribution in [-0.4, -0.2) is 77.1 Å². The minimum absolute atomic E-state index is 0.0385. The van der Waals surface area contributed by atoms with E-state index in [9.17, 15) is 29.1 Å². The van der Waals surface area contributed by atoms with E-state index in [-0.39, 0.29) is 43.9 Å². The van der Waals surface area contributed by atoms with Crippen molar-refractivity contribution in [3.05, 3.63) is 0 Å². The summed E-state index contributed by atoms with van der Waals surface area (Å²) >= 11 is 4.02. The van der Waals surface area contributed by atoms with Crippen LogP contribution in [-0.2, 0) is 24.0 Å². The van der Waals surface area contributed by atoms with E-state index in [0.29, 0.717) is 0 Å². The summed E-state index contributed by atoms with van der Waals surface area (Å²) < 4.78 is 0. The summed E-state index contributed by atoms with van der Waals surface area (Å²) in [6.45, 7) is 1.58. The number of aliphatic carboxylic acids is 1. The van der Waals surface area contributed by atoms with Gasteiger partial charge in [0.15, 0.2) is 5.96 Å². The van der Waals surface area contributed by atoms with Crippen molar-refractivity contribution in [2.24, 2.45) is 27.9 Å². The van der Waals surface area contributed by atoms with Gasteiger partial charge in [-0.2, -0.15) is 12.6 Å². The first-order chi connectivity index (χ1) is 14.9. The molecule has 14 nitrogen and oxygen atoms in total. The summed E-state index contributed by atoms with van der Waals surface area (Å²) in [6, 6.07) is -4.57. The van der Waals surface area contributed by atoms with Gasteiger partial charge in [-0.25, -0.2) is 4.79 Å². The molecule has 0 bridgehead atoms. The largest absolute Gasteiger partial charge is 0.480 e. The zero-order valence-corrected chi connectivity index (χ0v) is 18.6. The fraction of sp³-hybridized carbons (Fsp3) is 0.647. The molecule has 0 aromatic heterocycles. The molecule has 4 amide bonds. The smallest absolute Gasteiger partial charge is 0.326 e. The van der Waals surface area contributed by atoms with E-state index < -0.39 is 53.8 Å². The number of nitrogens with zero attached hydrogens (tertiary/aromatic N) is 1. The Balaban J connectivity index is 5.13. The van der Waals surface area contributed by atoms with Crippen LogP contribution in [0, 0.1) is 0 Å². The minimum Gasteiger partial charge on any atom is -0.480 e. The van der Waals surface area contributed by atoms with E-state index in [1.165, 1.54) is 6.92 Å². The van der Waals surface area contributed by atoms with Crippen LogP contribution < -0.4 is 38.9 Å². The zero-order valence-electron chi connectivity index (χ0n) is 17.7. The SMILES string of the molecule is CC(N)C(=O)NC(CCC(N)=O)C(=O)NC(CS)C(=O)NC(CCCN=C(N)N)C(=O)O. The highest BCUT2D eigenvalue weighted by Crippen LogP contribution is 2.03. The maximum Gasteiger partial charge on any atom is 0.326 e. The van der Waals surface area contributed by atoms with Gasteiger partial charge in [0.2, 0.25) is 23.6 Å². The first kappa shape index (κ1) is 28.9. The van der Waals surface area contributed by atoms with E-state index >= 15 is 0 Å². The highest BCUT2D eigenvalue weighted by Gasteiger charge is 2.29. The Hall–Kier alpha value is -3.07. The lowest BCUT2D eigenvalue weighted by atomic mass is 10.1. The Morgan fingerprint density at radius 2 is 1.44 bits per heavy atom. The molecular formula is C17H32N8O6S. The fourth-order valence-corrected chi connectivity index (χ4v) is 2.62. The summed E-state index contributed by atoms with van der Waals surface area (Å²) in [4.78, 5) is 63.2. The minimum atomic E-state index is -1.28. The van der Waals surface area contributed by atoms with E-state index in [1.807, 2.05) is 0 Å². The number of nitrogens with two attached hydrogens (primary N) is 4. The third-order valence-electron chi connectivity index (χ3n) is 4.10. The lowest BCUT2D eigenvalue weighted by Gasteiger charge is -2.24. The highest BCUT2D eigenvalue weighted by molar-refractivity contribution is 7.80. The van der Waals surface area contributed by atoms with Gasteiger partial charge < -0.3 is 44.0 Å². The average molecular weight is 477 g/mol. The molecule has 0 aliphatic heterocycles. The predicted octanol–water partition coefficient (Wildman–Crippen LogP) is -3.88. The Morgan fingerprint density at radius 3 is 1.91 bits per heavy atom. The Labute approximate surface area is 190 Å². The maximum atomic E-state index is 12.6. The molecule has 32 heavy (non-hydrogen) atoms. The second-order valence-electron chi connectivity index (χ2n) is 6.95. The molecule has 0 spiro atoms. The normalized spacial score (nSPS) is 14.2. The standard InChI is InChI=1S/C17H32N8O6S/c1-8(18)13(27)23-9(4-5-12(19)26)14(28)25-11(7-32)15(29)24-10(16(30)31)3-2-6-22-17(20)21/h8-11,32H,2-7,18H2,1H3,(H2,19,26)(H,23,27)(H,24,29)(H,25,28)(H,30,31)(H4,20,21,22). The van der Waals surface area contributed by atoms with Gasteiger partial charge in [0.05, 0.1) is 6.04 Å². The van der Waals surface area contributed by atoms with Crippen molar-refractivity contribution in [1.82, 2.24) is 16.0 Å². The predicted molar refractivity (Wildman–Crippen MR) is 119 cm³/mol. The van der Waals surface area contributed by atoms with Gasteiger partial charge in [0, 0.05) is 18.7 Å². The van der Waals surface area contributed by atoms with Crippen LogP contribution in [0.25, 0.3) is 0 Å². The van der Waals surface area contributed by atoms with Crippen molar-refractivity contribution in [3.63, 3.8) is 0 Å². The van der Waals surface area contributed by atoms with Crippen molar-refractivity contribution in [1.29, 1.82) is 0 Å². The summed E-state index contributed by atoms with van der Waals surface area (Å²) in [6.07, 6.45) is -0.00264. The number of rotatable bonds is 15. The number of amides is 4. The van der Waals surface area contributed by atoms with Crippen molar-refractivity contribution in [2.45, 2.75) is 56.8 Å². The lowest BCUT2D eigenvalue weighted by Crippen LogP contribution is -2.57. The average Bonchev–Trinajstić information content (AvgIpc) is 2.70. The molecule has 0 rings (SSSR count). The van der Waals surface area contributed by atoms with Gasteiger partial charge in [-0.3, -0.25) is 24.2 Å². The zero-order chi connectivity index (χ0) is 24.8. The number of carbonyl (C=O) groups excluding carboxylic acids is 4. The number of carboxylic acids is 1. The number of carboxylic acid groups (broad SMARTS) is 1. The fourth-order valence-electron chi connectivity index (χ4n) is 2.36. The Morgan fingerprint density at radius 1 is 0.906 bits per heavy atom. The van der Waals surface area contributed by atoms with Crippen LogP contribution in [0.4, 0.5) is 0 Å². The molecule has 0 saturated heterocycles. The van der Waals surface area contributed by atoms with Gasteiger partial charge in [0.1, 0.15) is 18.1 Å². The van der Waals surface area contributed by atoms with E-state index in [1.54, 1.807) is 0 Å². The van der Waals surface area contributed by atoms with Gasteiger partial charge in [0.25, 0.3) is 0 Å². The van der Waals surface area contributed by atoms with Crippen LogP contribution in [0.5, 0.6) is 0 Å². The van der Waals surface area contributed by atoms with Crippen molar-refractivity contribution < 1.29 is 29.1 Å². The molecule has 0 saturated carbocycles. The molecular weight excluding hydrogens is 444 g/mol. The van der Waals surface area contributed by atoms with Crippen LogP contribution in [0.15, 0.2) is 4.99 Å². The highest BCUT2D eigenvalue weighted by atomic mass is 32.1. The maximum absolute atomic E-state index is 12.6. The summed E-state index contributed by atoms with van der Waals surface area (Å²) in [7, 11) is 0. The topological polar surface area (TPSA) is 258 Å². The van der Waals surface area contributed by atoms with Gasteiger partial charge in [-0.05, 0) is 26.2 Å². The molecule has 0 aromatic carbocycles. The molecule has 4 unspecified atom stereocenters. The molecule has 182 valence electrons. The summed E-state index contributed by atoms with van der Waals surface area (Å²) in [5.41, 5.74) is 21.0. The van der Waals surface area contributed by atoms with Crippen LogP contribution in [0.1, 0.15) is 32.6 Å². The third-order valence-corrected chi connectivity index (χ3v) is 4.47. The number of hydrogen-bond acceptors (Lipinski definition) is 8. The van der Waals surface area contributed by atoms with Crippen molar-refractivity contribution in [2.75, 3.05) is 12.3 Å². The number of primary amides is 1. The summed E-state index contributed by atoms with van der Waals surface area (Å²) in [5.74, 6) is -4.50. The quantitative estimate of drug-likeness (QED) is 0.0483. The number of hydrogen-bond donors (Lipinski definition) is 9. The molecule has 0 radical (unpaired) electrons. The Bertz CT molecular complexity index is 713. The molecule has 0 aliphatic carbocycles. The van der Waals surface area contributed by atoms with Crippen LogP contribution >= 0.6 is 12.6 Å². The molecule has 15 heteroatoms. The van der Waals surface area contributed by atoms with Crippen molar-refractivity contribution >= 4 is 48.2 Å². The second kappa shape index (κ2) is 14.9. The number of thiol groups is 1. The molecule has 0 aromatic rings. The first-order valence-electron chi connectivity index (χ1n) is 9.73. The molecule has 0 aliphatic rings. The molecule has 0 heterocycles. The Kier molecular flexibility index (Phi) is 13.4. The number of aliphatic imine (C=N–C) groups is 1. The second-order valence-corrected chi connectivity index (χ2v) is 7.31. The van der Waals surface area contributed by atoms with Gasteiger partial charge >= 0.3 is 5.97 Å². The first-order valence-corrected chi connectivity index (χ1v) is 10.4. The van der Waals surface area contributed by atoms with Crippen LogP contribution in [0.3, 0.4) is 0 Å². The van der Waals surface area contributed by atoms with Crippen molar-refractivity contribution in [3.8, 4) is 0 Å². The molecule has 0 fully saturated rings. The van der Waals surface area contributed by atoms with Gasteiger partial charge in [-0.15, -0.1) is 0 Å². The third kappa shape index (κ3) is 11.9. The number of guanidine groups is 1. The summed E-state index contributed by atoms with van der Waals surface area (Å²) in [5, 5.41) is 16.4. The number of carbonyl (C=O) groups is 5. The van der Waals surface area contributed by atoms with Gasteiger partial charge in [-0.1, -0.05) is 0 Å². The molecule has 4 atom stereocenters. The van der Waals surface area contributed by atoms with E-state index in [4.69, 9.17) is 22.9 Å². The van der Waals surface area contributed by atoms with E-state index in [2.05, 4.69) is 33.6 Å². The monoisotopic (exact) mass is 476 g/mol. The lowest BCUT2D eigenvalue weighted by molar-refractivity contribution is -0.142.